The molecule has 0 spiro atoms. The molecule has 2 aromatic heterocycles. The summed E-state index contributed by atoms with van der Waals surface area (Å²) >= 11 is 0. The van der Waals surface area contributed by atoms with Gasteiger partial charge in [-0.2, -0.15) is 0 Å². The Kier molecular flexibility index (Phi) is 2.61. The number of rotatable bonds is 3. The number of carboxylic acid groups (broad SMARTS) is 2. The first kappa shape index (κ1) is 10.9. The van der Waals surface area contributed by atoms with E-state index in [9.17, 15) is 9.59 Å². The first-order valence-electron chi connectivity index (χ1n) is 4.69. The van der Waals surface area contributed by atoms with Crippen LogP contribution in [-0.4, -0.2) is 32.1 Å². The Balaban J connectivity index is 2.42. The molecule has 0 saturated carbocycles. The lowest BCUT2D eigenvalue weighted by Gasteiger charge is -1.98. The Morgan fingerprint density at radius 3 is 2.41 bits per heavy atom. The van der Waals surface area contributed by atoms with Gasteiger partial charge in [0.15, 0.2) is 0 Å². The zero-order valence-corrected chi connectivity index (χ0v) is 8.54. The molecule has 0 aliphatic carbocycles. The summed E-state index contributed by atoms with van der Waals surface area (Å²) in [6.07, 6.45) is 2.69. The van der Waals surface area contributed by atoms with Gasteiger partial charge in [-0.25, -0.2) is 9.59 Å². The second-order valence-electron chi connectivity index (χ2n) is 3.34. The van der Waals surface area contributed by atoms with E-state index in [0.29, 0.717) is 11.4 Å². The Morgan fingerprint density at radius 1 is 1.12 bits per heavy atom. The third-order valence-corrected chi connectivity index (χ3v) is 2.21. The molecule has 0 fully saturated rings. The van der Waals surface area contributed by atoms with Crippen molar-refractivity contribution in [3.63, 3.8) is 0 Å². The van der Waals surface area contributed by atoms with Crippen LogP contribution < -0.4 is 0 Å². The Labute approximate surface area is 95.6 Å². The number of hydrogen-bond donors (Lipinski definition) is 3. The number of aromatic nitrogens is 2. The van der Waals surface area contributed by atoms with Gasteiger partial charge in [0.2, 0.25) is 0 Å². The monoisotopic (exact) mass is 232 g/mol. The van der Waals surface area contributed by atoms with Crippen LogP contribution in [0.25, 0.3) is 11.4 Å². The first-order chi connectivity index (χ1) is 8.08. The quantitative estimate of drug-likeness (QED) is 0.743. The molecule has 6 nitrogen and oxygen atoms in total. The fourth-order valence-corrected chi connectivity index (χ4v) is 1.38. The minimum absolute atomic E-state index is 0.0986. The van der Waals surface area contributed by atoms with Crippen LogP contribution >= 0.6 is 0 Å². The van der Waals surface area contributed by atoms with Gasteiger partial charge in [-0.1, -0.05) is 0 Å². The number of carboxylic acids is 2. The number of pyridine rings is 1. The van der Waals surface area contributed by atoms with Gasteiger partial charge in [0.05, 0.1) is 22.5 Å². The topological polar surface area (TPSA) is 103 Å². The molecule has 0 unspecified atom stereocenters. The lowest BCUT2D eigenvalue weighted by molar-refractivity contribution is 0.0686. The minimum atomic E-state index is -1.06. The molecule has 0 aliphatic heterocycles. The molecule has 0 aliphatic rings. The van der Waals surface area contributed by atoms with Crippen molar-refractivity contribution in [2.45, 2.75) is 0 Å². The SMILES string of the molecule is O=C(O)c1ccnc(-c2cc(C(=O)O)c[nH]2)c1. The number of carbonyl (C=O) groups is 2. The summed E-state index contributed by atoms with van der Waals surface area (Å²) in [6, 6.07) is 4.14. The highest BCUT2D eigenvalue weighted by Gasteiger charge is 2.10. The van der Waals surface area contributed by atoms with E-state index in [0.717, 1.165) is 0 Å². The number of nitrogens with one attached hydrogen (secondary N) is 1. The predicted octanol–water partition coefficient (Wildman–Crippen LogP) is 1.47. The van der Waals surface area contributed by atoms with Crippen molar-refractivity contribution in [2.75, 3.05) is 0 Å². The molecule has 0 radical (unpaired) electrons. The zero-order chi connectivity index (χ0) is 12.4. The highest BCUT2D eigenvalue weighted by Crippen LogP contribution is 2.17. The van der Waals surface area contributed by atoms with Crippen molar-refractivity contribution < 1.29 is 19.8 Å². The Bertz CT molecular complexity index is 589. The molecule has 2 aromatic rings. The average Bonchev–Trinajstić information content (AvgIpc) is 2.78. The van der Waals surface area contributed by atoms with E-state index < -0.39 is 11.9 Å². The van der Waals surface area contributed by atoms with Gasteiger partial charge in [0, 0.05) is 12.4 Å². The van der Waals surface area contributed by atoms with E-state index in [2.05, 4.69) is 9.97 Å². The number of aromatic carboxylic acids is 2. The fourth-order valence-electron chi connectivity index (χ4n) is 1.38. The maximum atomic E-state index is 10.8. The molecular weight excluding hydrogens is 224 g/mol. The second kappa shape index (κ2) is 4.09. The normalized spacial score (nSPS) is 10.1. The van der Waals surface area contributed by atoms with E-state index >= 15 is 0 Å². The first-order valence-corrected chi connectivity index (χ1v) is 4.69. The molecule has 0 atom stereocenters. The van der Waals surface area contributed by atoms with Gasteiger partial charge in [-0.15, -0.1) is 0 Å². The Hall–Kier alpha value is -2.63. The number of aromatic amines is 1. The molecular formula is C11H8N2O4. The molecule has 2 heterocycles. The summed E-state index contributed by atoms with van der Waals surface area (Å²) in [5.74, 6) is -2.11. The third-order valence-electron chi connectivity index (χ3n) is 2.21. The molecule has 86 valence electrons. The van der Waals surface area contributed by atoms with Crippen LogP contribution in [0, 0.1) is 0 Å². The molecule has 2 rings (SSSR count). The lowest BCUT2D eigenvalue weighted by Crippen LogP contribution is -1.97. The maximum Gasteiger partial charge on any atom is 0.337 e. The lowest BCUT2D eigenvalue weighted by atomic mass is 10.2. The van der Waals surface area contributed by atoms with Gasteiger partial charge in [-0.05, 0) is 18.2 Å². The van der Waals surface area contributed by atoms with Crippen LogP contribution in [0.3, 0.4) is 0 Å². The second-order valence-corrected chi connectivity index (χ2v) is 3.34. The summed E-state index contributed by atoms with van der Waals surface area (Å²) in [7, 11) is 0. The van der Waals surface area contributed by atoms with E-state index in [1.807, 2.05) is 0 Å². The summed E-state index contributed by atoms with van der Waals surface area (Å²) in [6.45, 7) is 0. The van der Waals surface area contributed by atoms with Crippen LogP contribution in [0.1, 0.15) is 20.7 Å². The molecule has 6 heteroatoms. The average molecular weight is 232 g/mol. The molecule has 3 N–H and O–H groups in total. The van der Waals surface area contributed by atoms with Crippen LogP contribution in [0.5, 0.6) is 0 Å². The van der Waals surface area contributed by atoms with Gasteiger partial charge >= 0.3 is 11.9 Å². The predicted molar refractivity (Wildman–Crippen MR) is 57.9 cm³/mol. The van der Waals surface area contributed by atoms with Crippen LogP contribution in [-0.2, 0) is 0 Å². The van der Waals surface area contributed by atoms with Gasteiger partial charge in [0.1, 0.15) is 0 Å². The summed E-state index contributed by atoms with van der Waals surface area (Å²) in [5.41, 5.74) is 1.05. The molecule has 0 amide bonds. The van der Waals surface area contributed by atoms with Gasteiger partial charge in [0.25, 0.3) is 0 Å². The van der Waals surface area contributed by atoms with Crippen LogP contribution in [0.4, 0.5) is 0 Å². The van der Waals surface area contributed by atoms with E-state index in [-0.39, 0.29) is 11.1 Å². The highest BCUT2D eigenvalue weighted by molar-refractivity contribution is 5.90. The Morgan fingerprint density at radius 2 is 1.82 bits per heavy atom. The van der Waals surface area contributed by atoms with Crippen molar-refractivity contribution in [1.29, 1.82) is 0 Å². The molecule has 0 bridgehead atoms. The highest BCUT2D eigenvalue weighted by atomic mass is 16.4. The van der Waals surface area contributed by atoms with Gasteiger partial charge < -0.3 is 15.2 Å². The maximum absolute atomic E-state index is 10.8. The smallest absolute Gasteiger partial charge is 0.337 e. The fraction of sp³-hybridized carbons (Fsp3) is 0. The van der Waals surface area contributed by atoms with Crippen molar-refractivity contribution in [3.8, 4) is 11.4 Å². The van der Waals surface area contributed by atoms with Crippen molar-refractivity contribution >= 4 is 11.9 Å². The number of nitrogens with zero attached hydrogens (tertiary/aromatic N) is 1. The van der Waals surface area contributed by atoms with Crippen LogP contribution in [0.2, 0.25) is 0 Å². The van der Waals surface area contributed by atoms with E-state index in [1.54, 1.807) is 0 Å². The zero-order valence-electron chi connectivity index (χ0n) is 8.54. The summed E-state index contributed by atoms with van der Waals surface area (Å²) < 4.78 is 0. The van der Waals surface area contributed by atoms with Gasteiger partial charge in [-0.3, -0.25) is 4.98 Å². The largest absolute Gasteiger partial charge is 0.478 e. The molecule has 17 heavy (non-hydrogen) atoms. The van der Waals surface area contributed by atoms with Crippen molar-refractivity contribution in [3.05, 3.63) is 41.7 Å². The van der Waals surface area contributed by atoms with Crippen LogP contribution in [0.15, 0.2) is 30.6 Å². The molecule has 0 aromatic carbocycles. The number of H-pyrrole nitrogens is 1. The standard InChI is InChI=1S/C11H8N2O4/c14-10(15)6-1-2-12-8(3-6)9-4-7(5-13-9)11(16)17/h1-5,13H,(H,14,15)(H,16,17). The van der Waals surface area contributed by atoms with Crippen molar-refractivity contribution in [1.82, 2.24) is 9.97 Å². The summed E-state index contributed by atoms with van der Waals surface area (Å²) in [4.78, 5) is 28.2. The van der Waals surface area contributed by atoms with E-state index in [1.165, 1.54) is 30.6 Å². The minimum Gasteiger partial charge on any atom is -0.478 e. The van der Waals surface area contributed by atoms with Crippen molar-refractivity contribution in [2.24, 2.45) is 0 Å². The molecule has 0 saturated heterocycles. The summed E-state index contributed by atoms with van der Waals surface area (Å²) in [5, 5.41) is 17.6. The number of hydrogen-bond acceptors (Lipinski definition) is 3. The van der Waals surface area contributed by atoms with E-state index in [4.69, 9.17) is 10.2 Å². The third kappa shape index (κ3) is 2.15.